The normalized spacial score (nSPS) is 15.5. The van der Waals surface area contributed by atoms with Gasteiger partial charge in [-0.05, 0) is 30.5 Å². The van der Waals surface area contributed by atoms with E-state index in [0.717, 1.165) is 31.5 Å². The van der Waals surface area contributed by atoms with E-state index in [2.05, 4.69) is 0 Å². The second kappa shape index (κ2) is 7.35. The third-order valence-electron chi connectivity index (χ3n) is 3.97. The SMILES string of the molecule is COc1cc(CC(=O)N2CCC(N)CC2)cc(OC)c1OC. The van der Waals surface area contributed by atoms with Gasteiger partial charge in [0.2, 0.25) is 11.7 Å². The predicted molar refractivity (Wildman–Crippen MR) is 83.6 cm³/mol. The summed E-state index contributed by atoms with van der Waals surface area (Å²) in [6, 6.07) is 3.84. The second-order valence-corrected chi connectivity index (χ2v) is 5.43. The minimum Gasteiger partial charge on any atom is -0.493 e. The van der Waals surface area contributed by atoms with Crippen molar-refractivity contribution in [2.75, 3.05) is 34.4 Å². The van der Waals surface area contributed by atoms with Gasteiger partial charge in [-0.15, -0.1) is 0 Å². The molecule has 0 atom stereocenters. The Morgan fingerprint density at radius 2 is 1.68 bits per heavy atom. The molecule has 6 heteroatoms. The van der Waals surface area contributed by atoms with E-state index in [1.54, 1.807) is 21.3 Å². The first-order valence-corrected chi connectivity index (χ1v) is 7.41. The Labute approximate surface area is 131 Å². The van der Waals surface area contributed by atoms with Crippen LogP contribution in [0.2, 0.25) is 0 Å². The van der Waals surface area contributed by atoms with Crippen LogP contribution in [0.1, 0.15) is 18.4 Å². The fourth-order valence-electron chi connectivity index (χ4n) is 2.67. The third-order valence-corrected chi connectivity index (χ3v) is 3.97. The average molecular weight is 308 g/mol. The summed E-state index contributed by atoms with van der Waals surface area (Å²) >= 11 is 0. The number of rotatable bonds is 5. The van der Waals surface area contributed by atoms with E-state index in [4.69, 9.17) is 19.9 Å². The van der Waals surface area contributed by atoms with Crippen molar-refractivity contribution in [3.05, 3.63) is 17.7 Å². The number of piperidine rings is 1. The Morgan fingerprint density at radius 1 is 1.14 bits per heavy atom. The number of hydrogen-bond acceptors (Lipinski definition) is 5. The number of amides is 1. The molecule has 2 rings (SSSR count). The molecular weight excluding hydrogens is 284 g/mol. The van der Waals surface area contributed by atoms with Crippen LogP contribution in [0.4, 0.5) is 0 Å². The number of methoxy groups -OCH3 is 3. The highest BCUT2D eigenvalue weighted by Gasteiger charge is 2.22. The molecule has 1 aromatic carbocycles. The first-order valence-electron chi connectivity index (χ1n) is 7.41. The maximum Gasteiger partial charge on any atom is 0.226 e. The number of carbonyl (C=O) groups is 1. The topological polar surface area (TPSA) is 74.0 Å². The number of nitrogens with zero attached hydrogens (tertiary/aromatic N) is 1. The number of likely N-dealkylation sites (tertiary alicyclic amines) is 1. The Bertz CT molecular complexity index is 500. The van der Waals surface area contributed by atoms with Gasteiger partial charge in [-0.2, -0.15) is 0 Å². The lowest BCUT2D eigenvalue weighted by atomic mass is 10.0. The molecular formula is C16H24N2O4. The zero-order valence-corrected chi connectivity index (χ0v) is 13.4. The van der Waals surface area contributed by atoms with E-state index in [9.17, 15) is 4.79 Å². The summed E-state index contributed by atoms with van der Waals surface area (Å²) in [5, 5.41) is 0. The van der Waals surface area contributed by atoms with Crippen LogP contribution in [-0.4, -0.2) is 51.3 Å². The average Bonchev–Trinajstić information content (AvgIpc) is 2.54. The summed E-state index contributed by atoms with van der Waals surface area (Å²) in [4.78, 5) is 14.3. The second-order valence-electron chi connectivity index (χ2n) is 5.43. The first kappa shape index (κ1) is 16.4. The molecule has 0 unspecified atom stereocenters. The molecule has 1 aliphatic heterocycles. The van der Waals surface area contributed by atoms with Crippen LogP contribution in [0.15, 0.2) is 12.1 Å². The van der Waals surface area contributed by atoms with Crippen molar-refractivity contribution < 1.29 is 19.0 Å². The number of ether oxygens (including phenoxy) is 3. The van der Waals surface area contributed by atoms with Gasteiger partial charge in [0.15, 0.2) is 11.5 Å². The molecule has 1 fully saturated rings. The highest BCUT2D eigenvalue weighted by Crippen LogP contribution is 2.38. The summed E-state index contributed by atoms with van der Waals surface area (Å²) in [5.41, 5.74) is 6.71. The minimum absolute atomic E-state index is 0.0983. The van der Waals surface area contributed by atoms with Crippen LogP contribution in [0.25, 0.3) is 0 Å². The van der Waals surface area contributed by atoms with Crippen molar-refractivity contribution in [2.45, 2.75) is 25.3 Å². The van der Waals surface area contributed by atoms with Gasteiger partial charge in [-0.25, -0.2) is 0 Å². The molecule has 2 N–H and O–H groups in total. The van der Waals surface area contributed by atoms with Crippen LogP contribution < -0.4 is 19.9 Å². The molecule has 0 saturated carbocycles. The molecule has 0 spiro atoms. The van der Waals surface area contributed by atoms with Crippen LogP contribution in [0.3, 0.4) is 0 Å². The molecule has 1 saturated heterocycles. The van der Waals surface area contributed by atoms with E-state index in [1.165, 1.54) is 0 Å². The van der Waals surface area contributed by atoms with Gasteiger partial charge in [0.05, 0.1) is 27.8 Å². The Balaban J connectivity index is 2.13. The van der Waals surface area contributed by atoms with Gasteiger partial charge in [0, 0.05) is 19.1 Å². The minimum atomic E-state index is 0.0983. The number of carbonyl (C=O) groups excluding carboxylic acids is 1. The smallest absolute Gasteiger partial charge is 0.226 e. The van der Waals surface area contributed by atoms with E-state index in [1.807, 2.05) is 17.0 Å². The summed E-state index contributed by atoms with van der Waals surface area (Å²) in [6.45, 7) is 1.45. The molecule has 1 aromatic rings. The Morgan fingerprint density at radius 3 is 2.14 bits per heavy atom. The molecule has 122 valence electrons. The standard InChI is InChI=1S/C16H24N2O4/c1-20-13-8-11(9-14(21-2)16(13)22-3)10-15(19)18-6-4-12(17)5-7-18/h8-9,12H,4-7,10,17H2,1-3H3. The Hall–Kier alpha value is -1.95. The quantitative estimate of drug-likeness (QED) is 0.885. The van der Waals surface area contributed by atoms with Crippen molar-refractivity contribution in [1.29, 1.82) is 0 Å². The van der Waals surface area contributed by atoms with Crippen LogP contribution in [0, 0.1) is 0 Å². The molecule has 1 aliphatic rings. The van der Waals surface area contributed by atoms with Crippen LogP contribution >= 0.6 is 0 Å². The zero-order chi connectivity index (χ0) is 16.1. The number of benzene rings is 1. The van der Waals surface area contributed by atoms with Crippen LogP contribution in [-0.2, 0) is 11.2 Å². The molecule has 6 nitrogen and oxygen atoms in total. The maximum atomic E-state index is 12.4. The largest absolute Gasteiger partial charge is 0.493 e. The van der Waals surface area contributed by atoms with E-state index >= 15 is 0 Å². The molecule has 22 heavy (non-hydrogen) atoms. The van der Waals surface area contributed by atoms with E-state index in [-0.39, 0.29) is 11.9 Å². The fraction of sp³-hybridized carbons (Fsp3) is 0.562. The summed E-state index contributed by atoms with van der Waals surface area (Å²) in [7, 11) is 4.69. The molecule has 0 bridgehead atoms. The molecule has 1 amide bonds. The lowest BCUT2D eigenvalue weighted by molar-refractivity contribution is -0.131. The van der Waals surface area contributed by atoms with Gasteiger partial charge < -0.3 is 24.8 Å². The van der Waals surface area contributed by atoms with Gasteiger partial charge in [0.25, 0.3) is 0 Å². The summed E-state index contributed by atoms with van der Waals surface area (Å²) in [6.07, 6.45) is 2.04. The van der Waals surface area contributed by atoms with E-state index < -0.39 is 0 Å². The molecule has 0 radical (unpaired) electrons. The summed E-state index contributed by atoms with van der Waals surface area (Å²) < 4.78 is 15.9. The van der Waals surface area contributed by atoms with Crippen LogP contribution in [0.5, 0.6) is 17.2 Å². The van der Waals surface area contributed by atoms with Crippen molar-refractivity contribution >= 4 is 5.91 Å². The maximum absolute atomic E-state index is 12.4. The molecule has 1 heterocycles. The lowest BCUT2D eigenvalue weighted by Crippen LogP contribution is -2.43. The predicted octanol–water partition coefficient (Wildman–Crippen LogP) is 1.20. The van der Waals surface area contributed by atoms with Crippen molar-refractivity contribution in [3.8, 4) is 17.2 Å². The zero-order valence-electron chi connectivity index (χ0n) is 13.4. The number of hydrogen-bond donors (Lipinski definition) is 1. The molecule has 0 aliphatic carbocycles. The fourth-order valence-corrected chi connectivity index (χ4v) is 2.67. The lowest BCUT2D eigenvalue weighted by Gasteiger charge is -2.30. The highest BCUT2D eigenvalue weighted by molar-refractivity contribution is 5.79. The van der Waals surface area contributed by atoms with Crippen molar-refractivity contribution in [1.82, 2.24) is 4.90 Å². The van der Waals surface area contributed by atoms with Gasteiger partial charge >= 0.3 is 0 Å². The monoisotopic (exact) mass is 308 g/mol. The highest BCUT2D eigenvalue weighted by atomic mass is 16.5. The number of nitrogens with two attached hydrogens (primary N) is 1. The third kappa shape index (κ3) is 3.62. The van der Waals surface area contributed by atoms with Gasteiger partial charge in [0.1, 0.15) is 0 Å². The van der Waals surface area contributed by atoms with Crippen molar-refractivity contribution in [3.63, 3.8) is 0 Å². The molecule has 0 aromatic heterocycles. The van der Waals surface area contributed by atoms with Gasteiger partial charge in [-0.1, -0.05) is 0 Å². The van der Waals surface area contributed by atoms with Crippen molar-refractivity contribution in [2.24, 2.45) is 5.73 Å². The summed E-state index contributed by atoms with van der Waals surface area (Å²) in [5.74, 6) is 1.75. The van der Waals surface area contributed by atoms with E-state index in [0.29, 0.717) is 23.7 Å². The first-order chi connectivity index (χ1) is 10.6. The van der Waals surface area contributed by atoms with Gasteiger partial charge in [-0.3, -0.25) is 4.79 Å². The Kier molecular flexibility index (Phi) is 5.49.